The minimum atomic E-state index is -0.342. The van der Waals surface area contributed by atoms with Crippen molar-refractivity contribution >= 4 is 23.0 Å². The molecule has 0 aliphatic carbocycles. The summed E-state index contributed by atoms with van der Waals surface area (Å²) >= 11 is 5.00. The van der Waals surface area contributed by atoms with Crippen LogP contribution in [0.2, 0.25) is 0 Å². The van der Waals surface area contributed by atoms with Gasteiger partial charge in [0.1, 0.15) is 5.83 Å². The molecule has 4 nitrogen and oxygen atoms in total. The van der Waals surface area contributed by atoms with E-state index < -0.39 is 0 Å². The van der Waals surface area contributed by atoms with Gasteiger partial charge in [-0.25, -0.2) is 14.5 Å². The molecule has 0 amide bonds. The van der Waals surface area contributed by atoms with E-state index in [0.29, 0.717) is 10.8 Å². The fourth-order valence-corrected chi connectivity index (χ4v) is 0.952. The first kappa shape index (κ1) is 13.8. The Kier molecular flexibility index (Phi) is 5.84. The number of hydrogen-bond donors (Lipinski definition) is 1. The summed E-state index contributed by atoms with van der Waals surface area (Å²) in [5.41, 5.74) is 0.311. The highest BCUT2D eigenvalue weighted by Gasteiger charge is 2.07. The molecule has 0 saturated carbocycles. The third kappa shape index (κ3) is 4.24. The van der Waals surface area contributed by atoms with Crippen LogP contribution in [0, 0.1) is 0 Å². The topological polar surface area (TPSA) is 30.9 Å². The maximum atomic E-state index is 13.1. The van der Waals surface area contributed by atoms with Crippen LogP contribution in [0.1, 0.15) is 13.8 Å². The van der Waals surface area contributed by atoms with E-state index in [-0.39, 0.29) is 5.83 Å². The van der Waals surface area contributed by atoms with E-state index in [1.165, 1.54) is 11.2 Å². The van der Waals surface area contributed by atoms with Crippen LogP contribution in [0.3, 0.4) is 0 Å². The highest BCUT2D eigenvalue weighted by Crippen LogP contribution is 2.02. The molecule has 0 aromatic heterocycles. The van der Waals surface area contributed by atoms with Crippen molar-refractivity contribution in [1.82, 2.24) is 15.4 Å². The molecule has 0 radical (unpaired) electrons. The molecule has 0 spiro atoms. The zero-order valence-corrected chi connectivity index (χ0v) is 10.5. The van der Waals surface area contributed by atoms with Crippen LogP contribution in [0.15, 0.2) is 17.0 Å². The van der Waals surface area contributed by atoms with Crippen molar-refractivity contribution in [2.45, 2.75) is 13.8 Å². The number of hydrogen-bond acceptors (Lipinski definition) is 3. The molecule has 0 bridgehead atoms. The highest BCUT2D eigenvalue weighted by molar-refractivity contribution is 7.80. The molecule has 86 valence electrons. The van der Waals surface area contributed by atoms with E-state index in [0.717, 1.165) is 0 Å². The van der Waals surface area contributed by atoms with Gasteiger partial charge in [0.05, 0.1) is 5.71 Å². The number of hydrazone groups is 1. The Morgan fingerprint density at radius 3 is 2.40 bits per heavy atom. The molecule has 0 aromatic rings. The first-order valence-corrected chi connectivity index (χ1v) is 4.91. The minimum absolute atomic E-state index is 0.311. The number of allylic oxidation sites excluding steroid dienone is 2. The van der Waals surface area contributed by atoms with Crippen molar-refractivity contribution < 1.29 is 4.39 Å². The molecule has 0 saturated heterocycles. The second-order valence-electron chi connectivity index (χ2n) is 2.89. The van der Waals surface area contributed by atoms with Gasteiger partial charge in [0.2, 0.25) is 0 Å². The van der Waals surface area contributed by atoms with Gasteiger partial charge >= 0.3 is 0 Å². The quantitative estimate of drug-likeness (QED) is 0.454. The maximum Gasteiger partial charge on any atom is 0.188 e. The van der Waals surface area contributed by atoms with E-state index >= 15 is 0 Å². The summed E-state index contributed by atoms with van der Waals surface area (Å²) in [5.74, 6) is -0.342. The standard InChI is InChI=1S/C9H17FN4S/c1-6-8(10)7(2)12-14(5)13(4)9(15)11-3/h6H,1-5H3,(H,11,15)/b8-6+,12-7+. The Hall–Kier alpha value is -1.17. The SMILES string of the molecule is C/C=C(F)\C(C)=N\N(C)N(C)C(=S)NC. The van der Waals surface area contributed by atoms with Crippen LogP contribution in [-0.4, -0.2) is 42.1 Å². The van der Waals surface area contributed by atoms with Crippen LogP contribution in [0.4, 0.5) is 4.39 Å². The normalized spacial score (nSPS) is 12.4. The lowest BCUT2D eigenvalue weighted by Gasteiger charge is -2.27. The van der Waals surface area contributed by atoms with Crippen LogP contribution in [-0.2, 0) is 0 Å². The molecule has 0 aliphatic rings. The smallest absolute Gasteiger partial charge is 0.188 e. The van der Waals surface area contributed by atoms with Gasteiger partial charge in [0.15, 0.2) is 5.11 Å². The lowest BCUT2D eigenvalue weighted by Crippen LogP contribution is -2.43. The van der Waals surface area contributed by atoms with E-state index in [1.54, 1.807) is 40.0 Å². The molecule has 0 aliphatic heterocycles. The molecule has 0 rings (SSSR count). The fourth-order valence-electron chi connectivity index (χ4n) is 0.834. The molecular weight excluding hydrogens is 215 g/mol. The van der Waals surface area contributed by atoms with Gasteiger partial charge in [-0.1, -0.05) is 0 Å². The highest BCUT2D eigenvalue weighted by atomic mass is 32.1. The maximum absolute atomic E-state index is 13.1. The largest absolute Gasteiger partial charge is 0.364 e. The summed E-state index contributed by atoms with van der Waals surface area (Å²) in [4.78, 5) is 0. The lowest BCUT2D eigenvalue weighted by molar-refractivity contribution is 0.110. The van der Waals surface area contributed by atoms with Crippen LogP contribution in [0.5, 0.6) is 0 Å². The summed E-state index contributed by atoms with van der Waals surface area (Å²) in [6.45, 7) is 3.22. The molecule has 0 unspecified atom stereocenters. The van der Waals surface area contributed by atoms with Crippen molar-refractivity contribution in [2.75, 3.05) is 21.1 Å². The van der Waals surface area contributed by atoms with Gasteiger partial charge < -0.3 is 5.32 Å². The van der Waals surface area contributed by atoms with Gasteiger partial charge in [0, 0.05) is 21.1 Å². The summed E-state index contributed by atoms with van der Waals surface area (Å²) in [7, 11) is 5.15. The first-order chi connectivity index (χ1) is 6.93. The summed E-state index contributed by atoms with van der Waals surface area (Å²) in [6.07, 6.45) is 1.36. The number of thiocarbonyl (C=S) groups is 1. The molecular formula is C9H17FN4S. The van der Waals surface area contributed by atoms with E-state index in [9.17, 15) is 4.39 Å². The van der Waals surface area contributed by atoms with Crippen molar-refractivity contribution in [3.8, 4) is 0 Å². The third-order valence-corrected chi connectivity index (χ3v) is 2.30. The van der Waals surface area contributed by atoms with Crippen molar-refractivity contribution in [3.05, 3.63) is 11.9 Å². The Bertz CT molecular complexity index is 288. The van der Waals surface area contributed by atoms with Gasteiger partial charge in [-0.3, -0.25) is 0 Å². The average molecular weight is 232 g/mol. The van der Waals surface area contributed by atoms with Crippen molar-refractivity contribution in [2.24, 2.45) is 5.10 Å². The van der Waals surface area contributed by atoms with Gasteiger partial charge in [-0.2, -0.15) is 5.10 Å². The van der Waals surface area contributed by atoms with E-state index in [1.807, 2.05) is 0 Å². The average Bonchev–Trinajstić information content (AvgIpc) is 2.25. The fraction of sp³-hybridized carbons (Fsp3) is 0.556. The van der Waals surface area contributed by atoms with Gasteiger partial charge in [-0.05, 0) is 32.1 Å². The van der Waals surface area contributed by atoms with E-state index in [4.69, 9.17) is 12.2 Å². The molecule has 15 heavy (non-hydrogen) atoms. The predicted molar refractivity (Wildman–Crippen MR) is 65.2 cm³/mol. The Morgan fingerprint density at radius 2 is 2.00 bits per heavy atom. The second-order valence-corrected chi connectivity index (χ2v) is 3.28. The number of nitrogens with zero attached hydrogens (tertiary/aromatic N) is 3. The number of nitrogens with one attached hydrogen (secondary N) is 1. The number of rotatable bonds is 3. The lowest BCUT2D eigenvalue weighted by atomic mass is 10.3. The second kappa shape index (κ2) is 6.34. The van der Waals surface area contributed by atoms with Crippen molar-refractivity contribution in [3.63, 3.8) is 0 Å². The summed E-state index contributed by atoms with van der Waals surface area (Å²) in [5, 5.41) is 10.4. The summed E-state index contributed by atoms with van der Waals surface area (Å²) < 4.78 is 13.1. The predicted octanol–water partition coefficient (Wildman–Crippen LogP) is 1.52. The molecule has 6 heteroatoms. The molecule has 0 atom stereocenters. The zero-order chi connectivity index (χ0) is 12.0. The van der Waals surface area contributed by atoms with Crippen LogP contribution >= 0.6 is 12.2 Å². The Balaban J connectivity index is 4.60. The van der Waals surface area contributed by atoms with Gasteiger partial charge in [-0.15, -0.1) is 0 Å². The minimum Gasteiger partial charge on any atom is -0.364 e. The third-order valence-electron chi connectivity index (χ3n) is 1.84. The molecule has 0 fully saturated rings. The summed E-state index contributed by atoms with van der Waals surface area (Å²) in [6, 6.07) is 0. The van der Waals surface area contributed by atoms with Crippen molar-refractivity contribution in [1.29, 1.82) is 0 Å². The number of hydrazine groups is 1. The Labute approximate surface area is 95.4 Å². The molecule has 1 N–H and O–H groups in total. The van der Waals surface area contributed by atoms with E-state index in [2.05, 4.69) is 10.4 Å². The monoisotopic (exact) mass is 232 g/mol. The number of halogens is 1. The van der Waals surface area contributed by atoms with Crippen LogP contribution in [0.25, 0.3) is 0 Å². The van der Waals surface area contributed by atoms with Gasteiger partial charge in [0.25, 0.3) is 0 Å². The molecule has 0 aromatic carbocycles. The molecule has 0 heterocycles. The van der Waals surface area contributed by atoms with Crippen LogP contribution < -0.4 is 5.32 Å². The first-order valence-electron chi connectivity index (χ1n) is 4.50. The zero-order valence-electron chi connectivity index (χ0n) is 9.71. The Morgan fingerprint density at radius 1 is 1.47 bits per heavy atom.